The summed E-state index contributed by atoms with van der Waals surface area (Å²) >= 11 is 3.45. The zero-order valence-corrected chi connectivity index (χ0v) is 9.32. The quantitative estimate of drug-likeness (QED) is 0.629. The van der Waals surface area contributed by atoms with Crippen LogP contribution in [0, 0.1) is 3.57 Å². The number of oxazole rings is 1. The second-order valence-electron chi connectivity index (χ2n) is 2.08. The van der Waals surface area contributed by atoms with Crippen LogP contribution in [0.1, 0.15) is 0 Å². The first-order chi connectivity index (χ1) is 6.34. The first-order valence-electron chi connectivity index (χ1n) is 3.39. The molecule has 0 aliphatic heterocycles. The molecule has 4 nitrogen and oxygen atoms in total. The van der Waals surface area contributed by atoms with Gasteiger partial charge in [0.1, 0.15) is 6.26 Å². The average Bonchev–Trinajstić information content (AvgIpc) is 2.62. The highest BCUT2D eigenvalue weighted by Gasteiger charge is 2.03. The maximum absolute atomic E-state index is 5.04. The van der Waals surface area contributed by atoms with Gasteiger partial charge in [-0.1, -0.05) is 0 Å². The van der Waals surface area contributed by atoms with Gasteiger partial charge in [-0.05, 0) is 22.6 Å². The van der Waals surface area contributed by atoms with Crippen molar-refractivity contribution in [1.82, 2.24) is 15.0 Å². The number of rotatable bonds is 2. The molecular weight excluding hydrogens is 301 g/mol. The Balaban J connectivity index is 2.15. The summed E-state index contributed by atoms with van der Waals surface area (Å²) < 4.78 is 6.05. The van der Waals surface area contributed by atoms with Gasteiger partial charge < -0.3 is 4.42 Å². The van der Waals surface area contributed by atoms with Crippen molar-refractivity contribution in [3.05, 3.63) is 28.4 Å². The van der Waals surface area contributed by atoms with Crippen molar-refractivity contribution in [3.8, 4) is 0 Å². The highest BCUT2D eigenvalue weighted by molar-refractivity contribution is 14.1. The van der Waals surface area contributed by atoms with Crippen molar-refractivity contribution in [2.75, 3.05) is 0 Å². The molecule has 0 amide bonds. The molecule has 2 heterocycles. The van der Waals surface area contributed by atoms with E-state index in [1.807, 2.05) is 0 Å². The standard InChI is InChI=1S/C7H4IN3OS/c8-5-3-10-6(11-4-5)13-7-9-1-2-12-7/h1-4H. The molecule has 0 aromatic carbocycles. The van der Waals surface area contributed by atoms with Crippen molar-refractivity contribution in [2.45, 2.75) is 10.4 Å². The Hall–Kier alpha value is -0.630. The molecule has 0 spiro atoms. The van der Waals surface area contributed by atoms with Gasteiger partial charge in [0.25, 0.3) is 5.22 Å². The number of aromatic nitrogens is 3. The molecule has 0 fully saturated rings. The topological polar surface area (TPSA) is 51.8 Å². The van der Waals surface area contributed by atoms with Crippen LogP contribution in [0.4, 0.5) is 0 Å². The second-order valence-corrected chi connectivity index (χ2v) is 4.25. The fourth-order valence-corrected chi connectivity index (χ4v) is 1.55. The first-order valence-corrected chi connectivity index (χ1v) is 5.29. The zero-order chi connectivity index (χ0) is 9.10. The van der Waals surface area contributed by atoms with E-state index in [-0.39, 0.29) is 0 Å². The minimum Gasteiger partial charge on any atom is -0.440 e. The molecule has 0 saturated heterocycles. The maximum Gasteiger partial charge on any atom is 0.263 e. The van der Waals surface area contributed by atoms with Crippen LogP contribution < -0.4 is 0 Å². The summed E-state index contributed by atoms with van der Waals surface area (Å²) in [5.74, 6) is 0. The van der Waals surface area contributed by atoms with Crippen molar-refractivity contribution in [2.24, 2.45) is 0 Å². The smallest absolute Gasteiger partial charge is 0.263 e. The number of hydrogen-bond acceptors (Lipinski definition) is 5. The summed E-state index contributed by atoms with van der Waals surface area (Å²) in [6.07, 6.45) is 6.61. The largest absolute Gasteiger partial charge is 0.440 e. The fraction of sp³-hybridized carbons (Fsp3) is 0. The maximum atomic E-state index is 5.04. The Bertz CT molecular complexity index is 375. The van der Waals surface area contributed by atoms with E-state index >= 15 is 0 Å². The van der Waals surface area contributed by atoms with Crippen molar-refractivity contribution >= 4 is 34.4 Å². The van der Waals surface area contributed by atoms with E-state index in [4.69, 9.17) is 4.42 Å². The summed E-state index contributed by atoms with van der Waals surface area (Å²) in [5, 5.41) is 1.20. The van der Waals surface area contributed by atoms with Crippen LogP contribution in [-0.4, -0.2) is 15.0 Å². The number of halogens is 1. The van der Waals surface area contributed by atoms with E-state index in [1.54, 1.807) is 18.6 Å². The molecule has 2 aromatic rings. The lowest BCUT2D eigenvalue weighted by Crippen LogP contribution is -1.85. The third-order valence-electron chi connectivity index (χ3n) is 1.18. The number of hydrogen-bond donors (Lipinski definition) is 0. The van der Waals surface area contributed by atoms with Gasteiger partial charge in [0.2, 0.25) is 0 Å². The van der Waals surface area contributed by atoms with Gasteiger partial charge in [-0.3, -0.25) is 0 Å². The second kappa shape index (κ2) is 4.05. The van der Waals surface area contributed by atoms with Gasteiger partial charge in [0.05, 0.1) is 6.20 Å². The van der Waals surface area contributed by atoms with Crippen molar-refractivity contribution < 1.29 is 4.42 Å². The third kappa shape index (κ3) is 2.41. The van der Waals surface area contributed by atoms with Crippen LogP contribution in [0.5, 0.6) is 0 Å². The Morgan fingerprint density at radius 3 is 2.62 bits per heavy atom. The summed E-state index contributed by atoms with van der Waals surface area (Å²) in [6.45, 7) is 0. The molecule has 0 bridgehead atoms. The van der Waals surface area contributed by atoms with E-state index in [2.05, 4.69) is 37.5 Å². The van der Waals surface area contributed by atoms with Crippen LogP contribution in [0.3, 0.4) is 0 Å². The number of nitrogens with zero attached hydrogens (tertiary/aromatic N) is 3. The lowest BCUT2D eigenvalue weighted by molar-refractivity contribution is 0.453. The normalized spacial score (nSPS) is 10.2. The highest BCUT2D eigenvalue weighted by atomic mass is 127. The van der Waals surface area contributed by atoms with Gasteiger partial charge in [-0.25, -0.2) is 15.0 Å². The van der Waals surface area contributed by atoms with E-state index < -0.39 is 0 Å². The summed E-state index contributed by atoms with van der Waals surface area (Å²) in [4.78, 5) is 12.1. The molecule has 6 heteroatoms. The van der Waals surface area contributed by atoms with Gasteiger partial charge >= 0.3 is 0 Å². The molecule has 0 aliphatic carbocycles. The van der Waals surface area contributed by atoms with Crippen LogP contribution in [0.15, 0.2) is 39.7 Å². The molecule has 2 rings (SSSR count). The van der Waals surface area contributed by atoms with Gasteiger partial charge in [0.15, 0.2) is 5.16 Å². The lowest BCUT2D eigenvalue weighted by atomic mass is 10.7. The molecule has 0 unspecified atom stereocenters. The molecule has 13 heavy (non-hydrogen) atoms. The SMILES string of the molecule is Ic1cnc(Sc2ncco2)nc1. The monoisotopic (exact) mass is 305 g/mol. The minimum atomic E-state index is 0.557. The van der Waals surface area contributed by atoms with Crippen LogP contribution in [0.2, 0.25) is 0 Å². The molecule has 0 N–H and O–H groups in total. The predicted molar refractivity (Wildman–Crippen MR) is 55.4 cm³/mol. The average molecular weight is 305 g/mol. The Morgan fingerprint density at radius 1 is 1.23 bits per heavy atom. The molecule has 0 radical (unpaired) electrons. The Kier molecular flexibility index (Phi) is 2.79. The van der Waals surface area contributed by atoms with Gasteiger partial charge in [0, 0.05) is 27.7 Å². The zero-order valence-electron chi connectivity index (χ0n) is 6.35. The van der Waals surface area contributed by atoms with E-state index in [0.29, 0.717) is 10.4 Å². The van der Waals surface area contributed by atoms with Crippen LogP contribution in [-0.2, 0) is 0 Å². The van der Waals surface area contributed by atoms with Crippen LogP contribution in [0.25, 0.3) is 0 Å². The molecular formula is C7H4IN3OS. The van der Waals surface area contributed by atoms with E-state index in [1.165, 1.54) is 18.0 Å². The molecule has 0 atom stereocenters. The molecule has 0 saturated carbocycles. The summed E-state index contributed by atoms with van der Waals surface area (Å²) in [5.41, 5.74) is 0. The van der Waals surface area contributed by atoms with E-state index in [0.717, 1.165) is 3.57 Å². The van der Waals surface area contributed by atoms with Crippen LogP contribution >= 0.6 is 34.4 Å². The Morgan fingerprint density at radius 2 is 2.00 bits per heavy atom. The molecule has 66 valence electrons. The van der Waals surface area contributed by atoms with Crippen molar-refractivity contribution in [1.29, 1.82) is 0 Å². The van der Waals surface area contributed by atoms with Gasteiger partial charge in [-0.2, -0.15) is 0 Å². The summed E-state index contributed by atoms with van der Waals surface area (Å²) in [6, 6.07) is 0. The van der Waals surface area contributed by atoms with E-state index in [9.17, 15) is 0 Å². The lowest BCUT2D eigenvalue weighted by Gasteiger charge is -1.93. The summed E-state index contributed by atoms with van der Waals surface area (Å²) in [7, 11) is 0. The van der Waals surface area contributed by atoms with Gasteiger partial charge in [-0.15, -0.1) is 0 Å². The first kappa shape index (κ1) is 8.95. The minimum absolute atomic E-state index is 0.557. The fourth-order valence-electron chi connectivity index (χ4n) is 0.692. The molecule has 2 aromatic heterocycles. The Labute approximate surface area is 92.3 Å². The van der Waals surface area contributed by atoms with Crippen molar-refractivity contribution in [3.63, 3.8) is 0 Å². The predicted octanol–water partition coefficient (Wildman–Crippen LogP) is 2.22. The highest BCUT2D eigenvalue weighted by Crippen LogP contribution is 2.21. The third-order valence-corrected chi connectivity index (χ3v) is 2.51. The molecule has 0 aliphatic rings.